The molecule has 3 rings (SSSR count). The number of nitrogens with two attached hydrogens (primary N) is 2. The lowest BCUT2D eigenvalue weighted by molar-refractivity contribution is -0.0496. The van der Waals surface area contributed by atoms with Gasteiger partial charge in [0.25, 0.3) is 0 Å². The van der Waals surface area contributed by atoms with Crippen LogP contribution in [0.2, 0.25) is 0 Å². The van der Waals surface area contributed by atoms with Gasteiger partial charge in [-0.3, -0.25) is 9.09 Å². The van der Waals surface area contributed by atoms with Crippen LogP contribution >= 0.6 is 23.5 Å². The third-order valence-corrected chi connectivity index (χ3v) is 8.35. The molecule has 1 fully saturated rings. The summed E-state index contributed by atoms with van der Waals surface area (Å²) >= 11 is 0. The van der Waals surface area contributed by atoms with Crippen molar-refractivity contribution in [3.05, 3.63) is 12.0 Å². The molecule has 0 aliphatic carbocycles. The van der Waals surface area contributed by atoms with E-state index in [2.05, 4.69) is 28.4 Å². The van der Waals surface area contributed by atoms with E-state index in [9.17, 15) is 28.6 Å². The van der Waals surface area contributed by atoms with Gasteiger partial charge in [-0.25, -0.2) is 18.7 Å². The molecule has 19 nitrogen and oxygen atoms in total. The maximum absolute atomic E-state index is 12.0. The predicted octanol–water partition coefficient (Wildman–Crippen LogP) is -1.92. The number of aliphatic hydroxyl groups is 1. The van der Waals surface area contributed by atoms with Gasteiger partial charge in [0, 0.05) is 12.5 Å². The molecule has 0 bridgehead atoms. The van der Waals surface area contributed by atoms with E-state index in [-0.39, 0.29) is 31.7 Å². The fourth-order valence-electron chi connectivity index (χ4n) is 3.18. The summed E-state index contributed by atoms with van der Waals surface area (Å²) in [6, 6.07) is 0. The topological polar surface area (TPSA) is 293 Å². The van der Waals surface area contributed by atoms with Gasteiger partial charge in [-0.05, 0) is 0 Å². The Hall–Kier alpha value is -1.27. The summed E-state index contributed by atoms with van der Waals surface area (Å²) in [5.74, 6) is -0.646. The molecule has 0 amide bonds. The van der Waals surface area contributed by atoms with Gasteiger partial charge in [0.05, 0.1) is 25.6 Å². The van der Waals surface area contributed by atoms with Gasteiger partial charge in [0.2, 0.25) is 0 Å². The standard InChI is InChI=1S/C12H23N6O13P3/c13-1-6-8(3-28-33(23,24)31-34(25,26)30-32(20,21)22)29-11(9(6)19)18-4-15-7-2-27-5-16-12(14)17-10(7)18/h4,6,8-9,11,19H,1-3,5,13H2,(H,23,24)(H,25,26)(H3,14,16,17)(H2,20,21,22)/t6-,8-,9-,11-/m1/s1. The second-order valence-corrected chi connectivity index (χ2v) is 11.4. The smallest absolute Gasteiger partial charge is 0.388 e. The van der Waals surface area contributed by atoms with E-state index < -0.39 is 54.4 Å². The molecule has 1 aromatic rings. The molecule has 10 N–H and O–H groups in total. The van der Waals surface area contributed by atoms with Crippen LogP contribution < -0.4 is 16.8 Å². The van der Waals surface area contributed by atoms with Crippen molar-refractivity contribution in [2.75, 3.05) is 19.9 Å². The highest BCUT2D eigenvalue weighted by molar-refractivity contribution is 7.66. The van der Waals surface area contributed by atoms with Gasteiger partial charge in [-0.1, -0.05) is 0 Å². The number of hydrogen-bond acceptors (Lipinski definition) is 14. The summed E-state index contributed by atoms with van der Waals surface area (Å²) in [6.07, 6.45) is -2.26. The van der Waals surface area contributed by atoms with Crippen LogP contribution in [0.25, 0.3) is 0 Å². The first-order valence-electron chi connectivity index (χ1n) is 9.25. The number of hydrogen-bond donors (Lipinski definition) is 8. The number of phosphoric ester groups is 1. The van der Waals surface area contributed by atoms with Crippen LogP contribution in [0.15, 0.2) is 11.3 Å². The van der Waals surface area contributed by atoms with Crippen LogP contribution in [-0.2, 0) is 42.9 Å². The van der Waals surface area contributed by atoms with Gasteiger partial charge < -0.3 is 50.9 Å². The number of guanidine groups is 1. The Balaban J connectivity index is 1.74. The van der Waals surface area contributed by atoms with Crippen LogP contribution in [0.3, 0.4) is 0 Å². The number of aliphatic imine (C=N–C) groups is 1. The molecule has 34 heavy (non-hydrogen) atoms. The Morgan fingerprint density at radius 2 is 1.91 bits per heavy atom. The van der Waals surface area contributed by atoms with E-state index >= 15 is 0 Å². The maximum atomic E-state index is 12.0. The number of nitrogens with zero attached hydrogens (tertiary/aromatic N) is 3. The SMILES string of the molecule is NC[C@H]1[C@@H](O)[C@H](n2cnc3c2/N=C(/N)NCOC3)O[C@@H]1COP(=O)(O)OP(=O)(O)OP(=O)(O)O. The Kier molecular flexibility index (Phi) is 8.34. The van der Waals surface area contributed by atoms with Crippen molar-refractivity contribution in [2.24, 2.45) is 22.4 Å². The van der Waals surface area contributed by atoms with Gasteiger partial charge in [-0.2, -0.15) is 13.6 Å². The summed E-state index contributed by atoms with van der Waals surface area (Å²) in [5, 5.41) is 13.4. The van der Waals surface area contributed by atoms with Crippen molar-refractivity contribution in [3.8, 4) is 0 Å². The highest BCUT2D eigenvalue weighted by Crippen LogP contribution is 2.66. The zero-order chi connectivity index (χ0) is 25.3. The van der Waals surface area contributed by atoms with Crippen molar-refractivity contribution in [2.45, 2.75) is 25.0 Å². The van der Waals surface area contributed by atoms with Crippen LogP contribution in [-0.4, -0.2) is 72.3 Å². The summed E-state index contributed by atoms with van der Waals surface area (Å²) < 4.78 is 58.4. The zero-order valence-electron chi connectivity index (χ0n) is 17.1. The zero-order valence-corrected chi connectivity index (χ0v) is 19.7. The van der Waals surface area contributed by atoms with Crippen LogP contribution in [0.4, 0.5) is 5.82 Å². The first-order chi connectivity index (χ1) is 15.7. The second-order valence-electron chi connectivity index (χ2n) is 6.93. The van der Waals surface area contributed by atoms with Crippen LogP contribution in [0.1, 0.15) is 11.9 Å². The normalized spacial score (nSPS) is 30.7. The predicted molar refractivity (Wildman–Crippen MR) is 109 cm³/mol. The quantitative estimate of drug-likeness (QED) is 0.155. The van der Waals surface area contributed by atoms with E-state index in [4.69, 9.17) is 30.7 Å². The molecule has 1 saturated heterocycles. The van der Waals surface area contributed by atoms with Crippen molar-refractivity contribution < 1.29 is 61.0 Å². The lowest BCUT2D eigenvalue weighted by Gasteiger charge is -2.20. The number of ether oxygens (including phenoxy) is 2. The number of fused-ring (bicyclic) bond motifs is 1. The lowest BCUT2D eigenvalue weighted by Crippen LogP contribution is -2.35. The Bertz CT molecular complexity index is 1060. The molecule has 0 saturated carbocycles. The molecule has 0 aromatic carbocycles. The van der Waals surface area contributed by atoms with Crippen molar-refractivity contribution in [1.82, 2.24) is 14.9 Å². The van der Waals surface area contributed by atoms with Crippen LogP contribution in [0, 0.1) is 5.92 Å². The number of phosphoric acid groups is 3. The minimum Gasteiger partial charge on any atom is -0.388 e. The highest BCUT2D eigenvalue weighted by atomic mass is 31.3. The minimum absolute atomic E-state index is 0.00905. The average Bonchev–Trinajstić information content (AvgIpc) is 3.18. The molecule has 1 aromatic heterocycles. The molecule has 6 atom stereocenters. The lowest BCUT2D eigenvalue weighted by atomic mass is 9.99. The van der Waals surface area contributed by atoms with E-state index in [1.165, 1.54) is 10.9 Å². The first kappa shape index (κ1) is 27.3. The van der Waals surface area contributed by atoms with Gasteiger partial charge in [-0.15, -0.1) is 0 Å². The molecule has 0 radical (unpaired) electrons. The molecule has 194 valence electrons. The van der Waals surface area contributed by atoms with E-state index in [0.29, 0.717) is 5.69 Å². The number of aliphatic hydroxyl groups excluding tert-OH is 1. The Morgan fingerprint density at radius 1 is 1.21 bits per heavy atom. The van der Waals surface area contributed by atoms with Crippen molar-refractivity contribution in [3.63, 3.8) is 0 Å². The molecule has 2 unspecified atom stereocenters. The van der Waals surface area contributed by atoms with Crippen molar-refractivity contribution in [1.29, 1.82) is 0 Å². The summed E-state index contributed by atoms with van der Waals surface area (Å²) in [5.41, 5.74) is 11.8. The summed E-state index contributed by atoms with van der Waals surface area (Å²) in [6.45, 7) is -0.784. The van der Waals surface area contributed by atoms with Gasteiger partial charge >= 0.3 is 23.5 Å². The van der Waals surface area contributed by atoms with E-state index in [1.807, 2.05) is 0 Å². The summed E-state index contributed by atoms with van der Waals surface area (Å²) in [7, 11) is -16.6. The summed E-state index contributed by atoms with van der Waals surface area (Å²) in [4.78, 5) is 44.4. The maximum Gasteiger partial charge on any atom is 0.490 e. The molecule has 3 heterocycles. The Labute approximate surface area is 191 Å². The second kappa shape index (κ2) is 10.4. The average molecular weight is 552 g/mol. The number of aromatic nitrogens is 2. The van der Waals surface area contributed by atoms with E-state index in [1.54, 1.807) is 0 Å². The Morgan fingerprint density at radius 3 is 2.56 bits per heavy atom. The minimum atomic E-state index is -5.68. The van der Waals surface area contributed by atoms with Gasteiger partial charge in [0.1, 0.15) is 18.5 Å². The fraction of sp³-hybridized carbons (Fsp3) is 0.667. The molecule has 2 aliphatic heterocycles. The van der Waals surface area contributed by atoms with Crippen LogP contribution in [0.5, 0.6) is 0 Å². The third-order valence-electron chi connectivity index (χ3n) is 4.55. The number of nitrogens with one attached hydrogen (secondary N) is 1. The molecule has 2 aliphatic rings. The first-order valence-corrected chi connectivity index (χ1v) is 13.8. The fourth-order valence-corrected chi connectivity index (χ4v) is 6.21. The highest BCUT2D eigenvalue weighted by Gasteiger charge is 2.47. The molecule has 22 heteroatoms. The van der Waals surface area contributed by atoms with E-state index in [0.717, 1.165) is 0 Å². The van der Waals surface area contributed by atoms with Crippen molar-refractivity contribution >= 4 is 35.2 Å². The largest absolute Gasteiger partial charge is 0.490 e. The molecular formula is C12H23N6O13P3. The number of imidazole rings is 1. The monoisotopic (exact) mass is 552 g/mol. The van der Waals surface area contributed by atoms with Gasteiger partial charge in [0.15, 0.2) is 18.0 Å². The molecular weight excluding hydrogens is 529 g/mol. The number of rotatable bonds is 9. The molecule has 0 spiro atoms. The third kappa shape index (κ3) is 6.90.